The molecule has 0 amide bonds. The molecule has 0 unspecified atom stereocenters. The Kier molecular flexibility index (Phi) is 24.2. The Bertz CT molecular complexity index is 1350. The molecule has 58 heavy (non-hydrogen) atoms. The van der Waals surface area contributed by atoms with Crippen LogP contribution in [0.1, 0.15) is 113 Å². The van der Waals surface area contributed by atoms with Crippen molar-refractivity contribution in [2.45, 2.75) is 113 Å². The molecule has 0 aliphatic rings. The highest BCUT2D eigenvalue weighted by molar-refractivity contribution is 5.85. The van der Waals surface area contributed by atoms with E-state index in [4.69, 9.17) is 33.2 Å². The van der Waals surface area contributed by atoms with Crippen LogP contribution in [0.2, 0.25) is 0 Å². The summed E-state index contributed by atoms with van der Waals surface area (Å²) in [6.45, 7) is 8.00. The number of carbonyl (C=O) groups excluding carboxylic acids is 11. The zero-order valence-corrected chi connectivity index (χ0v) is 34.7. The van der Waals surface area contributed by atoms with Gasteiger partial charge in [-0.3, -0.25) is 33.6 Å². The third-order valence-corrected chi connectivity index (χ3v) is 8.24. The van der Waals surface area contributed by atoms with Gasteiger partial charge in [0.25, 0.3) is 0 Å². The summed E-state index contributed by atoms with van der Waals surface area (Å²) in [6.07, 6.45) is 0.741. The molecule has 0 heterocycles. The molecule has 18 heteroatoms. The van der Waals surface area contributed by atoms with Crippen molar-refractivity contribution in [1.82, 2.24) is 0 Å². The van der Waals surface area contributed by atoms with E-state index in [-0.39, 0.29) is 81.1 Å². The van der Waals surface area contributed by atoms with Crippen LogP contribution in [-0.2, 0) is 85.9 Å². The van der Waals surface area contributed by atoms with Crippen LogP contribution in [0.15, 0.2) is 12.7 Å². The summed E-state index contributed by atoms with van der Waals surface area (Å²) < 4.78 is 37.2. The van der Waals surface area contributed by atoms with Gasteiger partial charge in [-0.25, -0.2) is 0 Å². The second kappa shape index (κ2) is 26.6. The largest absolute Gasteiger partial charge is 0.465 e. The summed E-state index contributed by atoms with van der Waals surface area (Å²) in [6, 6.07) is 0. The number of esters is 7. The quantitative estimate of drug-likeness (QED) is 0.0421. The van der Waals surface area contributed by atoms with Crippen molar-refractivity contribution in [3.8, 4) is 0 Å². The maximum atomic E-state index is 13.7. The number of ketones is 4. The van der Waals surface area contributed by atoms with Crippen LogP contribution in [0, 0.1) is 16.2 Å². The van der Waals surface area contributed by atoms with Crippen LogP contribution >= 0.6 is 0 Å². The third-order valence-electron chi connectivity index (χ3n) is 8.24. The highest BCUT2D eigenvalue weighted by atomic mass is 16.6. The average Bonchev–Trinajstić information content (AvgIpc) is 3.16. The second-order valence-electron chi connectivity index (χ2n) is 14.9. The van der Waals surface area contributed by atoms with E-state index < -0.39 is 97.7 Å². The van der Waals surface area contributed by atoms with Gasteiger partial charge in [0.1, 0.15) is 79.0 Å². The van der Waals surface area contributed by atoms with E-state index in [9.17, 15) is 52.7 Å². The van der Waals surface area contributed by atoms with Gasteiger partial charge in [0, 0.05) is 25.7 Å². The fourth-order valence-corrected chi connectivity index (χ4v) is 4.20. The minimum Gasteiger partial charge on any atom is -0.465 e. The normalized spacial score (nSPS) is 11.3. The van der Waals surface area contributed by atoms with Gasteiger partial charge in [-0.1, -0.05) is 6.08 Å². The van der Waals surface area contributed by atoms with Crippen LogP contribution in [0.5, 0.6) is 0 Å². The zero-order chi connectivity index (χ0) is 44.5. The van der Waals surface area contributed by atoms with Crippen LogP contribution in [0.25, 0.3) is 0 Å². The van der Waals surface area contributed by atoms with Gasteiger partial charge in [-0.15, -0.1) is 6.58 Å². The standard InChI is InChI=1S/C40H58O18/c1-9-10-11-20-52-35(49)40(8,25-57-36(50)38(6,21-53-31(45)16-12-27(2)41)22-54-32(46)17-13-28(3)42)26-58-37(51)39(7,23-55-33(47)18-14-29(4)43)24-56-34(48)19-15-30(5)44/h9H,1,10-26H2,2-8H3. The Morgan fingerprint density at radius 2 is 0.638 bits per heavy atom. The first-order valence-corrected chi connectivity index (χ1v) is 18.7. The highest BCUT2D eigenvalue weighted by Gasteiger charge is 2.45. The Morgan fingerprint density at radius 1 is 0.397 bits per heavy atom. The third kappa shape index (κ3) is 22.5. The lowest BCUT2D eigenvalue weighted by Gasteiger charge is -2.32. The van der Waals surface area contributed by atoms with Gasteiger partial charge in [0.05, 0.1) is 32.3 Å². The van der Waals surface area contributed by atoms with Gasteiger partial charge >= 0.3 is 41.8 Å². The van der Waals surface area contributed by atoms with Crippen molar-refractivity contribution < 1.29 is 85.9 Å². The summed E-state index contributed by atoms with van der Waals surface area (Å²) >= 11 is 0. The first-order chi connectivity index (χ1) is 27.0. The van der Waals surface area contributed by atoms with E-state index in [1.54, 1.807) is 6.08 Å². The molecular weight excluding hydrogens is 768 g/mol. The number of Topliss-reactive ketones (excluding diaryl/α,β-unsaturated/α-hetero) is 4. The Hall–Kier alpha value is -5.29. The summed E-state index contributed by atoms with van der Waals surface area (Å²) in [5, 5.41) is 0. The van der Waals surface area contributed by atoms with E-state index in [1.165, 1.54) is 48.5 Å². The number of ether oxygens (including phenoxy) is 7. The molecule has 18 nitrogen and oxygen atoms in total. The van der Waals surface area contributed by atoms with E-state index in [0.717, 1.165) is 0 Å². The molecule has 0 fully saturated rings. The molecular formula is C40H58O18. The summed E-state index contributed by atoms with van der Waals surface area (Å²) in [5.74, 6) is -7.72. The maximum absolute atomic E-state index is 13.7. The predicted octanol–water partition coefficient (Wildman–Crippen LogP) is 3.25. The Balaban J connectivity index is 6.38. The molecule has 0 aliphatic heterocycles. The summed E-state index contributed by atoms with van der Waals surface area (Å²) in [4.78, 5) is 135. The van der Waals surface area contributed by atoms with Gasteiger partial charge in [0.2, 0.25) is 0 Å². The van der Waals surface area contributed by atoms with E-state index in [2.05, 4.69) is 6.58 Å². The van der Waals surface area contributed by atoms with Crippen molar-refractivity contribution in [2.75, 3.05) is 46.2 Å². The number of allylic oxidation sites excluding steroid dienone is 1. The van der Waals surface area contributed by atoms with E-state index in [0.29, 0.717) is 12.8 Å². The lowest BCUT2D eigenvalue weighted by molar-refractivity contribution is -0.182. The maximum Gasteiger partial charge on any atom is 0.318 e. The number of rotatable bonds is 31. The van der Waals surface area contributed by atoms with Crippen molar-refractivity contribution in [1.29, 1.82) is 0 Å². The van der Waals surface area contributed by atoms with Crippen molar-refractivity contribution in [3.63, 3.8) is 0 Å². The molecule has 0 radical (unpaired) electrons. The van der Waals surface area contributed by atoms with Crippen LogP contribution < -0.4 is 0 Å². The van der Waals surface area contributed by atoms with Gasteiger partial charge in [-0.2, -0.15) is 0 Å². The van der Waals surface area contributed by atoms with Crippen LogP contribution in [-0.4, -0.2) is 111 Å². The first-order valence-electron chi connectivity index (χ1n) is 18.7. The molecule has 0 aliphatic carbocycles. The lowest BCUT2D eigenvalue weighted by atomic mass is 9.90. The van der Waals surface area contributed by atoms with E-state index >= 15 is 0 Å². The average molecular weight is 827 g/mol. The minimum absolute atomic E-state index is 0.101. The van der Waals surface area contributed by atoms with Gasteiger partial charge < -0.3 is 52.3 Å². The second-order valence-corrected chi connectivity index (χ2v) is 14.9. The molecule has 0 N–H and O–H groups in total. The molecule has 326 valence electrons. The number of hydrogen-bond donors (Lipinski definition) is 0. The highest BCUT2D eigenvalue weighted by Crippen LogP contribution is 2.28. The number of unbranched alkanes of at least 4 members (excludes halogenated alkanes) is 1. The summed E-state index contributed by atoms with van der Waals surface area (Å²) in [7, 11) is 0. The topological polar surface area (TPSA) is 252 Å². The molecule has 0 saturated carbocycles. The smallest absolute Gasteiger partial charge is 0.318 e. The van der Waals surface area contributed by atoms with Crippen LogP contribution in [0.4, 0.5) is 0 Å². The van der Waals surface area contributed by atoms with Gasteiger partial charge in [0.15, 0.2) is 0 Å². The molecule has 0 aromatic rings. The van der Waals surface area contributed by atoms with Crippen molar-refractivity contribution in [2.24, 2.45) is 16.2 Å². The Morgan fingerprint density at radius 3 is 0.879 bits per heavy atom. The fourth-order valence-electron chi connectivity index (χ4n) is 4.20. The fraction of sp³-hybridized carbons (Fsp3) is 0.675. The first kappa shape index (κ1) is 52.7. The van der Waals surface area contributed by atoms with Gasteiger partial charge in [-0.05, 0) is 61.3 Å². The van der Waals surface area contributed by atoms with Crippen molar-refractivity contribution in [3.05, 3.63) is 12.7 Å². The SMILES string of the molecule is C=CCCCOC(=O)C(C)(COC(=O)C(C)(COC(=O)CCC(C)=O)COC(=O)CCC(C)=O)COC(=O)C(C)(COC(=O)CCC(C)=O)COC(=O)CCC(C)=O. The minimum atomic E-state index is -1.92. The van der Waals surface area contributed by atoms with Crippen LogP contribution in [0.3, 0.4) is 0 Å². The molecule has 0 atom stereocenters. The molecule has 0 saturated heterocycles. The Labute approximate surface area is 338 Å². The molecule has 0 aromatic carbocycles. The lowest BCUT2D eigenvalue weighted by Crippen LogP contribution is -2.46. The molecule has 0 aromatic heterocycles. The molecule has 0 rings (SSSR count). The molecule has 0 bridgehead atoms. The number of hydrogen-bond acceptors (Lipinski definition) is 18. The van der Waals surface area contributed by atoms with Crippen molar-refractivity contribution >= 4 is 64.9 Å². The monoisotopic (exact) mass is 826 g/mol. The zero-order valence-electron chi connectivity index (χ0n) is 34.7. The molecule has 0 spiro atoms. The predicted molar refractivity (Wildman–Crippen MR) is 200 cm³/mol. The summed E-state index contributed by atoms with van der Waals surface area (Å²) in [5.41, 5.74) is -5.67. The van der Waals surface area contributed by atoms with E-state index in [1.807, 2.05) is 0 Å². The number of carbonyl (C=O) groups is 11.